The van der Waals surface area contributed by atoms with Gasteiger partial charge < -0.3 is 9.84 Å². The van der Waals surface area contributed by atoms with E-state index >= 15 is 0 Å². The summed E-state index contributed by atoms with van der Waals surface area (Å²) < 4.78 is 5.02. The minimum Gasteiger partial charge on any atom is -0.503 e. The van der Waals surface area contributed by atoms with Gasteiger partial charge in [-0.3, -0.25) is 10.1 Å². The van der Waals surface area contributed by atoms with Crippen LogP contribution < -0.4 is 10.1 Å². The lowest BCUT2D eigenvalue weighted by Crippen LogP contribution is -2.13. The van der Waals surface area contributed by atoms with Crippen LogP contribution in [0.15, 0.2) is 53.4 Å². The van der Waals surface area contributed by atoms with Gasteiger partial charge in [0.2, 0.25) is 0 Å². The highest BCUT2D eigenvalue weighted by atomic mass is 32.1. The van der Waals surface area contributed by atoms with Crippen LogP contribution in [0, 0.1) is 22.7 Å². The van der Waals surface area contributed by atoms with Crippen molar-refractivity contribution in [2.45, 2.75) is 0 Å². The summed E-state index contributed by atoms with van der Waals surface area (Å²) in [5, 5.41) is 33.2. The van der Waals surface area contributed by atoms with E-state index < -0.39 is 5.91 Å². The molecule has 29 heavy (non-hydrogen) atoms. The van der Waals surface area contributed by atoms with E-state index in [-0.39, 0.29) is 22.6 Å². The number of methoxy groups -OCH3 is 1. The Morgan fingerprint density at radius 3 is 2.69 bits per heavy atom. The fourth-order valence-corrected chi connectivity index (χ4v) is 3.22. The van der Waals surface area contributed by atoms with Gasteiger partial charge >= 0.3 is 0 Å². The number of nitrogens with one attached hydrogen (secondary N) is 1. The molecule has 1 heterocycles. The summed E-state index contributed by atoms with van der Waals surface area (Å²) in [6.45, 7) is 0. The number of rotatable bonds is 5. The molecule has 8 heteroatoms. The Hall–Kier alpha value is -4.14. The summed E-state index contributed by atoms with van der Waals surface area (Å²) in [4.78, 5) is 16.9. The number of hydrogen-bond acceptors (Lipinski definition) is 7. The monoisotopic (exact) mass is 402 g/mol. The minimum absolute atomic E-state index is 0.0271. The summed E-state index contributed by atoms with van der Waals surface area (Å²) in [5.74, 6) is -0.862. The van der Waals surface area contributed by atoms with Gasteiger partial charge in [0, 0.05) is 10.9 Å². The van der Waals surface area contributed by atoms with Crippen molar-refractivity contribution in [3.05, 3.63) is 64.5 Å². The molecule has 0 saturated carbocycles. The molecule has 0 fully saturated rings. The van der Waals surface area contributed by atoms with E-state index in [4.69, 9.17) is 10.00 Å². The highest BCUT2D eigenvalue weighted by Gasteiger charge is 2.15. The predicted octanol–water partition coefficient (Wildman–Crippen LogP) is 3.94. The number of carbonyl (C=O) groups is 1. The van der Waals surface area contributed by atoms with Crippen molar-refractivity contribution in [1.29, 1.82) is 10.5 Å². The molecule has 3 aromatic rings. The van der Waals surface area contributed by atoms with Gasteiger partial charge in [-0.05, 0) is 23.8 Å². The number of nitrogens with zero attached hydrogens (tertiary/aromatic N) is 3. The molecule has 0 saturated heterocycles. The van der Waals surface area contributed by atoms with Gasteiger partial charge in [-0.2, -0.15) is 10.5 Å². The Balaban J connectivity index is 1.84. The number of aromatic hydroxyl groups is 1. The van der Waals surface area contributed by atoms with Gasteiger partial charge in [-0.25, -0.2) is 4.98 Å². The molecule has 2 N–H and O–H groups in total. The molecule has 3 rings (SSSR count). The molecule has 7 nitrogen and oxygen atoms in total. The van der Waals surface area contributed by atoms with Crippen molar-refractivity contribution in [2.24, 2.45) is 0 Å². The Morgan fingerprint density at radius 2 is 2.03 bits per heavy atom. The summed E-state index contributed by atoms with van der Waals surface area (Å²) in [6.07, 6.45) is 1.31. The number of benzene rings is 2. The maximum absolute atomic E-state index is 12.5. The molecule has 0 atom stereocenters. The lowest BCUT2D eigenvalue weighted by Gasteiger charge is -2.07. The van der Waals surface area contributed by atoms with E-state index in [9.17, 15) is 15.2 Å². The number of hydrogen-bond donors (Lipinski definition) is 2. The van der Waals surface area contributed by atoms with E-state index in [1.165, 1.54) is 36.7 Å². The topological polar surface area (TPSA) is 119 Å². The van der Waals surface area contributed by atoms with Crippen LogP contribution in [0.5, 0.6) is 11.5 Å². The first-order valence-electron chi connectivity index (χ1n) is 8.31. The van der Waals surface area contributed by atoms with Gasteiger partial charge in [0.05, 0.1) is 18.4 Å². The van der Waals surface area contributed by atoms with Crippen LogP contribution >= 0.6 is 11.3 Å². The number of nitriles is 2. The third-order valence-corrected chi connectivity index (χ3v) is 4.67. The van der Waals surface area contributed by atoms with Gasteiger partial charge in [0.25, 0.3) is 5.91 Å². The van der Waals surface area contributed by atoms with Crippen LogP contribution in [-0.2, 0) is 4.79 Å². The van der Waals surface area contributed by atoms with Gasteiger partial charge in [0.1, 0.15) is 17.7 Å². The van der Waals surface area contributed by atoms with Crippen molar-refractivity contribution >= 4 is 28.5 Å². The number of phenolic OH excluding ortho intramolecular Hbond substituents is 1. The Labute approximate surface area is 170 Å². The first kappa shape index (κ1) is 19.6. The Kier molecular flexibility index (Phi) is 5.88. The molecule has 0 aliphatic heterocycles. The molecule has 1 amide bonds. The zero-order valence-corrected chi connectivity index (χ0v) is 16.0. The molecule has 0 aliphatic carbocycles. The third kappa shape index (κ3) is 4.41. The minimum atomic E-state index is -0.632. The second kappa shape index (κ2) is 8.70. The molecule has 0 aliphatic rings. The zero-order chi connectivity index (χ0) is 20.8. The summed E-state index contributed by atoms with van der Waals surface area (Å²) in [7, 11) is 1.34. The molecule has 0 spiro atoms. The van der Waals surface area contributed by atoms with E-state index in [2.05, 4.69) is 10.3 Å². The fraction of sp³-hybridized carbons (Fsp3) is 0.0476. The predicted molar refractivity (Wildman–Crippen MR) is 109 cm³/mol. The molecular formula is C21H14N4O3S. The van der Waals surface area contributed by atoms with Crippen LogP contribution in [0.25, 0.3) is 17.3 Å². The largest absolute Gasteiger partial charge is 0.503 e. The number of thiazole rings is 1. The van der Waals surface area contributed by atoms with Crippen molar-refractivity contribution < 1.29 is 14.6 Å². The van der Waals surface area contributed by atoms with Gasteiger partial charge in [-0.1, -0.05) is 30.3 Å². The third-order valence-electron chi connectivity index (χ3n) is 3.91. The number of amides is 1. The molecule has 0 unspecified atom stereocenters. The Bertz CT molecular complexity index is 1170. The number of phenols is 1. The molecule has 0 radical (unpaired) electrons. The van der Waals surface area contributed by atoms with Crippen molar-refractivity contribution in [2.75, 3.05) is 12.4 Å². The second-order valence-corrected chi connectivity index (χ2v) is 6.62. The van der Waals surface area contributed by atoms with Gasteiger partial charge in [-0.15, -0.1) is 11.3 Å². The SMILES string of the molecule is COc1cc(/C=C(\C#N)C(=O)Nc2nc(-c3ccccc3)cs2)cc(C#N)c1O. The smallest absolute Gasteiger partial charge is 0.268 e. The molecular weight excluding hydrogens is 388 g/mol. The van der Waals surface area contributed by atoms with Crippen LogP contribution in [-0.4, -0.2) is 23.1 Å². The van der Waals surface area contributed by atoms with Crippen LogP contribution in [0.3, 0.4) is 0 Å². The van der Waals surface area contributed by atoms with E-state index in [1.807, 2.05) is 47.9 Å². The Morgan fingerprint density at radius 1 is 1.28 bits per heavy atom. The highest BCUT2D eigenvalue weighted by molar-refractivity contribution is 7.14. The quantitative estimate of drug-likeness (QED) is 0.493. The number of aromatic nitrogens is 1. The van der Waals surface area contributed by atoms with Crippen molar-refractivity contribution in [1.82, 2.24) is 4.98 Å². The number of anilines is 1. The number of carbonyl (C=O) groups excluding carboxylic acids is 1. The lowest BCUT2D eigenvalue weighted by molar-refractivity contribution is -0.112. The van der Waals surface area contributed by atoms with Crippen LogP contribution in [0.1, 0.15) is 11.1 Å². The van der Waals surface area contributed by atoms with Crippen LogP contribution in [0.2, 0.25) is 0 Å². The van der Waals surface area contributed by atoms with Crippen LogP contribution in [0.4, 0.5) is 5.13 Å². The fourth-order valence-electron chi connectivity index (χ4n) is 2.51. The summed E-state index contributed by atoms with van der Waals surface area (Å²) in [6, 6.07) is 16.0. The standard InChI is InChI=1S/C21H14N4O3S/c1-28-18-9-13(7-15(10-22)19(18)26)8-16(11-23)20(27)25-21-24-17(12-29-21)14-5-3-2-4-6-14/h2-9,12,26H,1H3,(H,24,25,27)/b16-8+. The zero-order valence-electron chi connectivity index (χ0n) is 15.2. The summed E-state index contributed by atoms with van der Waals surface area (Å²) >= 11 is 1.25. The molecule has 142 valence electrons. The summed E-state index contributed by atoms with van der Waals surface area (Å²) in [5.41, 5.74) is 1.79. The highest BCUT2D eigenvalue weighted by Crippen LogP contribution is 2.32. The molecule has 2 aromatic carbocycles. The number of ether oxygens (including phenoxy) is 1. The maximum atomic E-state index is 12.5. The first-order chi connectivity index (χ1) is 14.0. The maximum Gasteiger partial charge on any atom is 0.268 e. The van der Waals surface area contributed by atoms with E-state index in [0.717, 1.165) is 11.3 Å². The normalized spacial score (nSPS) is 10.7. The molecule has 0 bridgehead atoms. The average molecular weight is 402 g/mol. The van der Waals surface area contributed by atoms with E-state index in [1.54, 1.807) is 0 Å². The molecule has 1 aromatic heterocycles. The van der Waals surface area contributed by atoms with Crippen molar-refractivity contribution in [3.8, 4) is 34.9 Å². The van der Waals surface area contributed by atoms with Gasteiger partial charge in [0.15, 0.2) is 16.6 Å². The lowest BCUT2D eigenvalue weighted by atomic mass is 10.1. The first-order valence-corrected chi connectivity index (χ1v) is 9.19. The average Bonchev–Trinajstić information content (AvgIpc) is 3.21. The van der Waals surface area contributed by atoms with E-state index in [0.29, 0.717) is 10.7 Å². The van der Waals surface area contributed by atoms with Crippen molar-refractivity contribution in [3.63, 3.8) is 0 Å². The second-order valence-electron chi connectivity index (χ2n) is 5.76.